The Morgan fingerprint density at radius 3 is 1.73 bits per heavy atom. The van der Waals surface area contributed by atoms with E-state index >= 15 is 0 Å². The average molecular weight is 1560 g/mol. The third-order valence-corrected chi connectivity index (χ3v) is 21.3. The highest BCUT2D eigenvalue weighted by molar-refractivity contribution is 7.48. The van der Waals surface area contributed by atoms with Gasteiger partial charge in [0.15, 0.2) is 41.3 Å². The monoisotopic (exact) mass is 1560 g/mol. The Morgan fingerprint density at radius 2 is 1.12 bits per heavy atom. The first kappa shape index (κ1) is 75.3. The Kier molecular flexibility index (Phi) is 21.0. The molecule has 13 rings (SSSR count). The van der Waals surface area contributed by atoms with E-state index in [0.29, 0.717) is 5.39 Å². The number of nitrogens with zero attached hydrogens (tertiary/aromatic N) is 12. The topological polar surface area (TPSA) is 693 Å². The number of ether oxygens (including phenoxy) is 5. The molecule has 105 heavy (non-hydrogen) atoms. The first-order valence-electron chi connectivity index (χ1n) is 31.0. The zero-order valence-electron chi connectivity index (χ0n) is 53.5. The van der Waals surface area contributed by atoms with Crippen molar-refractivity contribution in [3.05, 3.63) is 125 Å². The maximum absolute atomic E-state index is 14.4. The summed E-state index contributed by atoms with van der Waals surface area (Å²) in [7, 11) is -22.4. The summed E-state index contributed by atoms with van der Waals surface area (Å²) in [5.74, 6) is -0.774. The zero-order chi connectivity index (χ0) is 75.1. The van der Waals surface area contributed by atoms with Gasteiger partial charge < -0.3 is 90.6 Å². The van der Waals surface area contributed by atoms with Crippen molar-refractivity contribution in [1.82, 2.24) is 62.7 Å². The number of aromatic amines is 2. The Balaban J connectivity index is 0.737. The fourth-order valence-corrected chi connectivity index (χ4v) is 16.3. The van der Waals surface area contributed by atoms with Gasteiger partial charge >= 0.3 is 42.7 Å². The lowest BCUT2D eigenvalue weighted by Crippen LogP contribution is -2.37. The number of hydrogen-bond acceptors (Lipinski definition) is 37. The van der Waals surface area contributed by atoms with E-state index in [0.717, 1.165) is 55.7 Å². The number of aliphatic hydroxyl groups is 5. The SMILES string of the molecule is Cc1cn([C@H]2C[C@H](OP(=O)(O)OC[C@H]3O[C@@H](n4cnc5c(=O)[nH]c(N)nc54)[C@H](O)[C@@H]3OP(=O)(O)OC[C@H]3O[C@@H](n4ccc5cccc([N+](=O)[O-])c54)C[C@@H]3OP(=O)(O)OC[C@H]3O[C@@H](n4cnc5c(N)ncnc54)[C@H](O)[C@@H]3OP(=O)(O)OC[C@H]3O[C@@H](n4ccc(N)nc4=O)[C@H](O)[C@@H]3O)[C@@H](CO)O2)c(=O)[nH]c1=O. The minimum absolute atomic E-state index is 0.0181. The molecule has 5 aliphatic heterocycles. The molecule has 8 aromatic rings. The average Bonchev–Trinajstić information content (AvgIpc) is 1.65. The van der Waals surface area contributed by atoms with Crippen LogP contribution in [0.15, 0.2) is 87.1 Å². The first-order valence-corrected chi connectivity index (χ1v) is 36.9. The summed E-state index contributed by atoms with van der Waals surface area (Å²) < 4.78 is 134. The summed E-state index contributed by atoms with van der Waals surface area (Å²) in [6, 6.07) is 6.69. The highest BCUT2D eigenvalue weighted by atomic mass is 31.2. The largest absolute Gasteiger partial charge is 0.472 e. The zero-order valence-corrected chi connectivity index (χ0v) is 57.1. The molecular formula is C52H63N17O32P4. The lowest BCUT2D eigenvalue weighted by Gasteiger charge is -2.26. The number of anilines is 3. The van der Waals surface area contributed by atoms with Crippen LogP contribution >= 0.6 is 31.3 Å². The highest BCUT2D eigenvalue weighted by Crippen LogP contribution is 2.56. The summed E-state index contributed by atoms with van der Waals surface area (Å²) in [4.78, 5) is 135. The van der Waals surface area contributed by atoms with Crippen LogP contribution in [-0.2, 0) is 78.1 Å². The summed E-state index contributed by atoms with van der Waals surface area (Å²) in [5, 5.41) is 68.3. The van der Waals surface area contributed by atoms with Gasteiger partial charge in [0.2, 0.25) is 5.95 Å². The number of nitrogens with one attached hydrogen (secondary N) is 2. The molecule has 0 spiro atoms. The van der Waals surface area contributed by atoms with Crippen LogP contribution in [0.5, 0.6) is 0 Å². The van der Waals surface area contributed by atoms with Crippen LogP contribution in [0.4, 0.5) is 23.3 Å². The first-order chi connectivity index (χ1) is 49.7. The number of fused-ring (bicyclic) bond motifs is 3. The number of H-pyrrole nitrogens is 2. The van der Waals surface area contributed by atoms with Crippen molar-refractivity contribution in [2.24, 2.45) is 0 Å². The van der Waals surface area contributed by atoms with E-state index in [1.165, 1.54) is 42.0 Å². The van der Waals surface area contributed by atoms with Gasteiger partial charge in [-0.1, -0.05) is 12.1 Å². The van der Waals surface area contributed by atoms with Gasteiger partial charge in [-0.25, -0.2) is 47.8 Å². The number of phosphoric acid groups is 4. The molecular weight excluding hydrogens is 1500 g/mol. The van der Waals surface area contributed by atoms with Crippen LogP contribution in [0.1, 0.15) is 49.5 Å². The molecule has 22 atom stereocenters. The maximum Gasteiger partial charge on any atom is 0.472 e. The van der Waals surface area contributed by atoms with Crippen molar-refractivity contribution in [3.8, 4) is 0 Å². The molecule has 5 fully saturated rings. The summed E-state index contributed by atoms with van der Waals surface area (Å²) in [6.07, 6.45) is -26.6. The minimum atomic E-state index is -5.78. The fraction of sp³-hybridized carbons (Fsp3) is 0.500. The number of aryl methyl sites for hydroxylation is 1. The number of para-hydroxylation sites is 1. The predicted octanol–water partition coefficient (Wildman–Crippen LogP) is -2.90. The lowest BCUT2D eigenvalue weighted by atomic mass is 10.1. The van der Waals surface area contributed by atoms with Crippen LogP contribution in [0, 0.1) is 17.0 Å². The number of imidazole rings is 2. The van der Waals surface area contributed by atoms with Gasteiger partial charge in [0.05, 0.1) is 50.6 Å². The Morgan fingerprint density at radius 1 is 0.590 bits per heavy atom. The third kappa shape index (κ3) is 15.5. The summed E-state index contributed by atoms with van der Waals surface area (Å²) in [6.45, 7) is -4.09. The quantitative estimate of drug-likeness (QED) is 0.0139. The highest BCUT2D eigenvalue weighted by Gasteiger charge is 2.55. The molecule has 7 aromatic heterocycles. The van der Waals surface area contributed by atoms with Gasteiger partial charge in [0, 0.05) is 48.4 Å². The summed E-state index contributed by atoms with van der Waals surface area (Å²) in [5.41, 5.74) is 12.7. The normalized spacial score (nSPS) is 30.8. The molecule has 5 saturated heterocycles. The number of hydrogen-bond donors (Lipinski definition) is 14. The van der Waals surface area contributed by atoms with Crippen molar-refractivity contribution in [3.63, 3.8) is 0 Å². The maximum atomic E-state index is 14.4. The van der Waals surface area contributed by atoms with Crippen LogP contribution < -0.4 is 39.7 Å². The van der Waals surface area contributed by atoms with Crippen molar-refractivity contribution in [2.75, 3.05) is 50.2 Å². The smallest absolute Gasteiger partial charge is 0.394 e. The van der Waals surface area contributed by atoms with Gasteiger partial charge in [-0.3, -0.25) is 84.1 Å². The molecule has 4 unspecified atom stereocenters. The molecule has 0 aliphatic carbocycles. The van der Waals surface area contributed by atoms with Crippen molar-refractivity contribution in [2.45, 2.75) is 130 Å². The number of aliphatic hydroxyl groups excluding tert-OH is 5. The molecule has 5 aliphatic rings. The number of nitrogens with two attached hydrogens (primary N) is 3. The van der Waals surface area contributed by atoms with Crippen LogP contribution in [-0.4, -0.2) is 225 Å². The van der Waals surface area contributed by atoms with Crippen molar-refractivity contribution >= 4 is 87.8 Å². The van der Waals surface area contributed by atoms with Crippen LogP contribution in [0.2, 0.25) is 0 Å². The van der Waals surface area contributed by atoms with E-state index in [2.05, 4.69) is 39.9 Å². The van der Waals surface area contributed by atoms with Gasteiger partial charge in [0.1, 0.15) is 115 Å². The second-order valence-electron chi connectivity index (χ2n) is 24.1. The molecule has 0 radical (unpaired) electrons. The predicted molar refractivity (Wildman–Crippen MR) is 342 cm³/mol. The molecule has 0 amide bonds. The minimum Gasteiger partial charge on any atom is -0.394 e. The number of non-ortho nitro benzene ring substituents is 1. The van der Waals surface area contributed by atoms with E-state index in [1.807, 2.05) is 0 Å². The van der Waals surface area contributed by atoms with Crippen molar-refractivity contribution < 1.29 is 128 Å². The third-order valence-electron chi connectivity index (χ3n) is 17.3. The Bertz CT molecular complexity index is 5080. The van der Waals surface area contributed by atoms with E-state index in [9.17, 15) is 92.7 Å². The van der Waals surface area contributed by atoms with Crippen LogP contribution in [0.3, 0.4) is 0 Å². The molecule has 12 heterocycles. The number of nitro groups is 1. The standard InChI is InChI=1S/C52H63N17O32P4/c1-20-11-66(52(78)63-45(20)75)32-9-23(25(12-70)93-32)98-102(81,82)91-16-29-41(39(74)49(97-29)68-19-59-34-44(68)61-50(55)62-46(34)76)100-104(85,86)89-13-26-24(10-31(94-26)64-7-5-21-3-2-4-22(35(21)64)69(79)80)99-103(83,84)92-15-28-40(38(73)48(96-28)67-18-58-33-42(54)56-17-57-43(33)67)101-105(87,88)90-14-27-36(71)37(72)47(95-27)65-8-6-30(53)60-51(65)77/h2-8,11,17-19,23-29,31-32,36-41,47-49,70-74H,9-10,12-16H2,1H3,(H,81,82)(H,83,84)(H,85,86)(H,87,88)(H2,53,60,77)(H2,54,56,57)(H,63,75,78)(H3,55,61,62,76)/t23-,24-,25+,26+,27+,28+,29+,31+,32+,36+,37+,38+,39+,40+,41+,47+,48+,49+/m0/s1. The number of rotatable bonds is 27. The molecule has 568 valence electrons. The Labute approximate surface area is 582 Å². The molecule has 0 bridgehead atoms. The Hall–Kier alpha value is -7.94. The van der Waals surface area contributed by atoms with E-state index in [-0.39, 0.29) is 45.0 Å². The second kappa shape index (κ2) is 29.3. The van der Waals surface area contributed by atoms with E-state index in [4.69, 9.17) is 77.1 Å². The van der Waals surface area contributed by atoms with Crippen molar-refractivity contribution in [1.29, 1.82) is 0 Å². The van der Waals surface area contributed by atoms with E-state index in [1.54, 1.807) is 0 Å². The fourth-order valence-electron chi connectivity index (χ4n) is 12.4. The van der Waals surface area contributed by atoms with E-state index < -0.39 is 227 Å². The number of phosphoric ester groups is 4. The lowest BCUT2D eigenvalue weighted by molar-refractivity contribution is -0.383. The van der Waals surface area contributed by atoms with Crippen LogP contribution in [0.25, 0.3) is 33.2 Å². The van der Waals surface area contributed by atoms with Gasteiger partial charge in [0.25, 0.3) is 16.8 Å². The second-order valence-corrected chi connectivity index (χ2v) is 29.8. The van der Waals surface area contributed by atoms with Gasteiger partial charge in [-0.2, -0.15) is 9.97 Å². The molecule has 53 heteroatoms. The number of aromatic nitrogens is 13. The number of nitro benzene ring substituents is 1. The van der Waals surface area contributed by atoms with Gasteiger partial charge in [-0.05, 0) is 19.1 Å². The molecule has 1 aromatic carbocycles. The molecule has 49 nitrogen and oxygen atoms in total. The molecule has 17 N–H and O–H groups in total. The van der Waals surface area contributed by atoms with Gasteiger partial charge in [-0.15, -0.1) is 0 Å². The molecule has 0 saturated carbocycles. The number of nitrogen functional groups attached to an aromatic ring is 3. The number of benzene rings is 1. The summed E-state index contributed by atoms with van der Waals surface area (Å²) >= 11 is 0.